The minimum Gasteiger partial charge on any atom is -0.478 e. The number of hydrogen-bond acceptors (Lipinski definition) is 2. The summed E-state index contributed by atoms with van der Waals surface area (Å²) < 4.78 is 0.934. The molecule has 0 aliphatic heterocycles. The second-order valence-corrected chi connectivity index (χ2v) is 6.27. The van der Waals surface area contributed by atoms with Gasteiger partial charge < -0.3 is 10.1 Å². The van der Waals surface area contributed by atoms with E-state index >= 15 is 0 Å². The molecule has 5 heteroatoms. The predicted octanol–water partition coefficient (Wildman–Crippen LogP) is 4.64. The Labute approximate surface area is 133 Å². The van der Waals surface area contributed by atoms with Crippen molar-refractivity contribution in [3.63, 3.8) is 0 Å². The number of hydrogen-bond donors (Lipinski definition) is 2. The fraction of sp³-hybridized carbons (Fsp3) is 0.0588. The maximum atomic E-state index is 11.8. The van der Waals surface area contributed by atoms with Gasteiger partial charge in [-0.15, -0.1) is 0 Å². The highest BCUT2D eigenvalue weighted by Gasteiger charge is 2.18. The maximum absolute atomic E-state index is 11.8. The summed E-state index contributed by atoms with van der Waals surface area (Å²) in [6, 6.07) is 11.4. The highest BCUT2D eigenvalue weighted by atomic mass is 79.9. The number of aromatic nitrogens is 2. The first kappa shape index (κ1) is 13.3. The van der Waals surface area contributed by atoms with E-state index in [4.69, 9.17) is 4.98 Å². The summed E-state index contributed by atoms with van der Waals surface area (Å²) in [5.41, 5.74) is 4.15. The van der Waals surface area contributed by atoms with Crippen molar-refractivity contribution in [1.29, 1.82) is 0 Å². The number of carboxylic acids is 1. The fourth-order valence-electron chi connectivity index (χ4n) is 2.87. The lowest BCUT2D eigenvalue weighted by Crippen LogP contribution is -2.00. The molecule has 4 rings (SSSR count). The Kier molecular flexibility index (Phi) is 2.74. The van der Waals surface area contributed by atoms with Crippen LogP contribution in [-0.2, 0) is 0 Å². The molecule has 0 aliphatic carbocycles. The summed E-state index contributed by atoms with van der Waals surface area (Å²) >= 11 is 3.45. The van der Waals surface area contributed by atoms with E-state index in [0.29, 0.717) is 21.9 Å². The van der Waals surface area contributed by atoms with E-state index in [-0.39, 0.29) is 5.56 Å². The highest BCUT2D eigenvalue weighted by Crippen LogP contribution is 2.32. The van der Waals surface area contributed by atoms with Gasteiger partial charge >= 0.3 is 5.97 Å². The second-order valence-electron chi connectivity index (χ2n) is 5.35. The SMILES string of the molecule is Cc1ccc2c(C(=O)O)c3[nH]c4ccc(Br)cc4c3nc2c1. The lowest BCUT2D eigenvalue weighted by atomic mass is 10.0. The van der Waals surface area contributed by atoms with Gasteiger partial charge in [-0.3, -0.25) is 0 Å². The second kappa shape index (κ2) is 4.55. The molecule has 108 valence electrons. The topological polar surface area (TPSA) is 66.0 Å². The van der Waals surface area contributed by atoms with Crippen molar-refractivity contribution < 1.29 is 9.90 Å². The van der Waals surface area contributed by atoms with Crippen LogP contribution in [0.15, 0.2) is 40.9 Å². The quantitative estimate of drug-likeness (QED) is 0.523. The number of H-pyrrole nitrogens is 1. The van der Waals surface area contributed by atoms with Crippen LogP contribution in [-0.4, -0.2) is 21.0 Å². The Bertz CT molecular complexity index is 1080. The molecule has 4 nitrogen and oxygen atoms in total. The lowest BCUT2D eigenvalue weighted by Gasteiger charge is -2.05. The van der Waals surface area contributed by atoms with E-state index in [1.54, 1.807) is 0 Å². The van der Waals surface area contributed by atoms with Crippen LogP contribution in [0.2, 0.25) is 0 Å². The molecule has 4 aromatic rings. The van der Waals surface area contributed by atoms with Crippen molar-refractivity contribution >= 4 is 54.7 Å². The first-order chi connectivity index (χ1) is 10.5. The van der Waals surface area contributed by atoms with Crippen LogP contribution in [0.3, 0.4) is 0 Å². The number of aromatic carboxylic acids is 1. The molecule has 0 saturated heterocycles. The van der Waals surface area contributed by atoms with Crippen LogP contribution in [0.5, 0.6) is 0 Å². The van der Waals surface area contributed by atoms with Crippen LogP contribution in [0.4, 0.5) is 0 Å². The molecule has 0 aliphatic rings. The first-order valence-corrected chi connectivity index (χ1v) is 7.58. The zero-order valence-electron chi connectivity index (χ0n) is 11.6. The first-order valence-electron chi connectivity index (χ1n) is 6.79. The molecule has 0 bridgehead atoms. The number of pyridine rings is 1. The summed E-state index contributed by atoms with van der Waals surface area (Å²) in [6.45, 7) is 1.97. The van der Waals surface area contributed by atoms with Crippen molar-refractivity contribution in [2.75, 3.05) is 0 Å². The molecular formula is C17H11BrN2O2. The smallest absolute Gasteiger partial charge is 0.338 e. The largest absolute Gasteiger partial charge is 0.478 e. The number of rotatable bonds is 1. The number of benzene rings is 2. The normalized spacial score (nSPS) is 11.5. The molecule has 2 N–H and O–H groups in total. The van der Waals surface area contributed by atoms with E-state index in [1.807, 2.05) is 43.3 Å². The Morgan fingerprint density at radius 3 is 2.77 bits per heavy atom. The number of fused-ring (bicyclic) bond motifs is 4. The molecule has 0 atom stereocenters. The standard InChI is InChI=1S/C17H11BrN2O2/c1-8-2-4-10-13(6-8)20-15-11-7-9(18)3-5-12(11)19-16(15)14(10)17(21)22/h2-7,19H,1H3,(H,21,22). The third-order valence-corrected chi connectivity index (χ3v) is 4.35. The number of aromatic amines is 1. The zero-order chi connectivity index (χ0) is 15.4. The number of carboxylic acid groups (broad SMARTS) is 1. The van der Waals surface area contributed by atoms with Crippen molar-refractivity contribution in [3.8, 4) is 0 Å². The van der Waals surface area contributed by atoms with Gasteiger partial charge in [-0.2, -0.15) is 0 Å². The van der Waals surface area contributed by atoms with Crippen LogP contribution in [0.25, 0.3) is 32.8 Å². The average Bonchev–Trinajstić information content (AvgIpc) is 2.81. The van der Waals surface area contributed by atoms with Gasteiger partial charge in [-0.25, -0.2) is 9.78 Å². The third-order valence-electron chi connectivity index (χ3n) is 3.85. The van der Waals surface area contributed by atoms with Crippen LogP contribution < -0.4 is 0 Å². The number of nitrogens with zero attached hydrogens (tertiary/aromatic N) is 1. The van der Waals surface area contributed by atoms with E-state index < -0.39 is 5.97 Å². The van der Waals surface area contributed by atoms with Crippen molar-refractivity contribution in [1.82, 2.24) is 9.97 Å². The Morgan fingerprint density at radius 2 is 2.00 bits per heavy atom. The van der Waals surface area contributed by atoms with E-state index in [2.05, 4.69) is 20.9 Å². The monoisotopic (exact) mass is 354 g/mol. The van der Waals surface area contributed by atoms with Crippen LogP contribution in [0.1, 0.15) is 15.9 Å². The minimum absolute atomic E-state index is 0.271. The Morgan fingerprint density at radius 1 is 1.18 bits per heavy atom. The summed E-state index contributed by atoms with van der Waals surface area (Å²) in [5, 5.41) is 11.2. The Balaban J connectivity index is 2.30. The highest BCUT2D eigenvalue weighted by molar-refractivity contribution is 9.10. The van der Waals surface area contributed by atoms with Gasteiger partial charge in [-0.05, 0) is 36.8 Å². The van der Waals surface area contributed by atoms with Crippen molar-refractivity contribution in [3.05, 3.63) is 52.0 Å². The number of aryl methyl sites for hydroxylation is 1. The number of nitrogens with one attached hydrogen (secondary N) is 1. The van der Waals surface area contributed by atoms with Gasteiger partial charge in [0.1, 0.15) is 0 Å². The Hall–Kier alpha value is -2.40. The molecule has 0 spiro atoms. The van der Waals surface area contributed by atoms with Crippen LogP contribution >= 0.6 is 15.9 Å². The van der Waals surface area contributed by atoms with Gasteiger partial charge in [0, 0.05) is 20.8 Å². The predicted molar refractivity (Wildman–Crippen MR) is 90.5 cm³/mol. The summed E-state index contributed by atoms with van der Waals surface area (Å²) in [4.78, 5) is 19.7. The van der Waals surface area contributed by atoms with E-state index in [9.17, 15) is 9.90 Å². The molecule has 22 heavy (non-hydrogen) atoms. The molecule has 0 amide bonds. The van der Waals surface area contributed by atoms with E-state index in [1.165, 1.54) is 0 Å². The number of halogens is 1. The molecule has 2 aromatic carbocycles. The average molecular weight is 355 g/mol. The molecule has 0 unspecified atom stereocenters. The summed E-state index contributed by atoms with van der Waals surface area (Å²) in [6.07, 6.45) is 0. The summed E-state index contributed by atoms with van der Waals surface area (Å²) in [7, 11) is 0. The van der Waals surface area contributed by atoms with E-state index in [0.717, 1.165) is 20.9 Å². The maximum Gasteiger partial charge on any atom is 0.338 e. The molecule has 0 saturated carbocycles. The zero-order valence-corrected chi connectivity index (χ0v) is 13.2. The molecular weight excluding hydrogens is 344 g/mol. The fourth-order valence-corrected chi connectivity index (χ4v) is 3.23. The van der Waals surface area contributed by atoms with Gasteiger partial charge in [0.25, 0.3) is 0 Å². The van der Waals surface area contributed by atoms with Gasteiger partial charge in [0.05, 0.1) is 22.1 Å². The molecule has 2 aromatic heterocycles. The minimum atomic E-state index is -0.952. The van der Waals surface area contributed by atoms with Gasteiger partial charge in [-0.1, -0.05) is 28.1 Å². The number of carbonyl (C=O) groups is 1. The van der Waals surface area contributed by atoms with Crippen molar-refractivity contribution in [2.24, 2.45) is 0 Å². The lowest BCUT2D eigenvalue weighted by molar-refractivity contribution is 0.0701. The molecule has 0 radical (unpaired) electrons. The molecule has 2 heterocycles. The van der Waals surface area contributed by atoms with Gasteiger partial charge in [0.15, 0.2) is 0 Å². The molecule has 0 fully saturated rings. The van der Waals surface area contributed by atoms with Crippen molar-refractivity contribution in [2.45, 2.75) is 6.92 Å². The summed E-state index contributed by atoms with van der Waals surface area (Å²) in [5.74, 6) is -0.952. The van der Waals surface area contributed by atoms with Crippen LogP contribution in [0, 0.1) is 6.92 Å². The van der Waals surface area contributed by atoms with Gasteiger partial charge in [0.2, 0.25) is 0 Å². The third kappa shape index (κ3) is 1.82.